The summed E-state index contributed by atoms with van der Waals surface area (Å²) in [5.41, 5.74) is 1.33. The van der Waals surface area contributed by atoms with E-state index >= 15 is 0 Å². The van der Waals surface area contributed by atoms with Crippen molar-refractivity contribution in [2.24, 2.45) is 0 Å². The van der Waals surface area contributed by atoms with Crippen LogP contribution in [0.4, 0.5) is 0 Å². The van der Waals surface area contributed by atoms with Crippen LogP contribution in [0.25, 0.3) is 0 Å². The normalized spacial score (nSPS) is 8.67. The predicted molar refractivity (Wildman–Crippen MR) is 125 cm³/mol. The van der Waals surface area contributed by atoms with Crippen LogP contribution in [0.1, 0.15) is 5.56 Å². The van der Waals surface area contributed by atoms with Crippen molar-refractivity contribution in [3.63, 3.8) is 0 Å². The molecule has 0 radical (unpaired) electrons. The molecule has 4 rings (SSSR count). The van der Waals surface area contributed by atoms with E-state index in [1.54, 1.807) is 72.8 Å². The molecule has 4 aromatic carbocycles. The summed E-state index contributed by atoms with van der Waals surface area (Å²) in [5, 5.41) is 25.9. The minimum absolute atomic E-state index is 0.322. The molecule has 0 spiro atoms. The van der Waals surface area contributed by atoms with Crippen LogP contribution in [-0.2, 0) is 6.42 Å². The summed E-state index contributed by atoms with van der Waals surface area (Å²) < 4.78 is 0. The van der Waals surface area contributed by atoms with Crippen molar-refractivity contribution in [3.8, 4) is 17.2 Å². The highest BCUT2D eigenvalue weighted by atomic mass is 16.3. The third-order valence-electron chi connectivity index (χ3n) is 3.49. The third kappa shape index (κ3) is 13.2. The number of rotatable bonds is 2. The van der Waals surface area contributed by atoms with Crippen LogP contribution in [0.15, 0.2) is 134 Å². The summed E-state index contributed by atoms with van der Waals surface area (Å²) in [7, 11) is 0. The molecule has 0 amide bonds. The van der Waals surface area contributed by atoms with Gasteiger partial charge < -0.3 is 15.3 Å². The SMILES string of the molecule is C=CCc1ccccc1.Oc1ccccc1.Oc1ccccc1.Oc1ccccc1. The predicted octanol–water partition coefficient (Wildman–Crippen LogP) is 6.59. The van der Waals surface area contributed by atoms with Crippen molar-refractivity contribution < 1.29 is 15.3 Å². The van der Waals surface area contributed by atoms with Crippen molar-refractivity contribution in [1.29, 1.82) is 0 Å². The molecular formula is C27H28O3. The van der Waals surface area contributed by atoms with Gasteiger partial charge in [0.2, 0.25) is 0 Å². The quantitative estimate of drug-likeness (QED) is 0.333. The monoisotopic (exact) mass is 400 g/mol. The highest BCUT2D eigenvalue weighted by Gasteiger charge is 1.82. The second kappa shape index (κ2) is 16.0. The number of hydrogen-bond acceptors (Lipinski definition) is 3. The summed E-state index contributed by atoms with van der Waals surface area (Å²) in [5.74, 6) is 0.965. The van der Waals surface area contributed by atoms with Gasteiger partial charge in [0.25, 0.3) is 0 Å². The van der Waals surface area contributed by atoms with Crippen molar-refractivity contribution in [3.05, 3.63) is 140 Å². The second-order valence-corrected chi connectivity index (χ2v) is 5.99. The fraction of sp³-hybridized carbons (Fsp3) is 0.0370. The van der Waals surface area contributed by atoms with Crippen molar-refractivity contribution in [2.45, 2.75) is 6.42 Å². The van der Waals surface area contributed by atoms with E-state index in [2.05, 4.69) is 18.7 Å². The Labute approximate surface area is 178 Å². The first-order valence-corrected chi connectivity index (χ1v) is 9.48. The van der Waals surface area contributed by atoms with Gasteiger partial charge in [-0.15, -0.1) is 6.58 Å². The maximum absolute atomic E-state index is 8.63. The van der Waals surface area contributed by atoms with Gasteiger partial charge in [-0.25, -0.2) is 0 Å². The Morgan fingerprint density at radius 2 is 0.733 bits per heavy atom. The number of benzene rings is 4. The zero-order valence-electron chi connectivity index (χ0n) is 16.9. The Morgan fingerprint density at radius 1 is 0.467 bits per heavy atom. The van der Waals surface area contributed by atoms with Gasteiger partial charge in [0, 0.05) is 0 Å². The van der Waals surface area contributed by atoms with Crippen molar-refractivity contribution >= 4 is 0 Å². The molecule has 0 fully saturated rings. The first-order chi connectivity index (χ1) is 14.6. The molecule has 0 saturated carbocycles. The molecule has 0 heterocycles. The molecule has 3 N–H and O–H groups in total. The highest BCUT2D eigenvalue weighted by molar-refractivity contribution is 5.20. The van der Waals surface area contributed by atoms with E-state index in [1.165, 1.54) is 5.56 Å². The molecule has 0 aliphatic rings. The van der Waals surface area contributed by atoms with Gasteiger partial charge in [-0.1, -0.05) is 91.0 Å². The van der Waals surface area contributed by atoms with Gasteiger partial charge in [-0.2, -0.15) is 0 Å². The van der Waals surface area contributed by atoms with E-state index < -0.39 is 0 Å². The molecule has 4 aromatic rings. The average molecular weight is 401 g/mol. The maximum Gasteiger partial charge on any atom is 0.115 e. The number of phenolic OH excluding ortho intramolecular Hbond substituents is 3. The Hall–Kier alpha value is -3.98. The second-order valence-electron chi connectivity index (χ2n) is 5.99. The molecule has 0 aromatic heterocycles. The number of allylic oxidation sites excluding steroid dienone is 1. The van der Waals surface area contributed by atoms with Crippen LogP contribution in [-0.4, -0.2) is 15.3 Å². The van der Waals surface area contributed by atoms with Crippen molar-refractivity contribution in [2.75, 3.05) is 0 Å². The van der Waals surface area contributed by atoms with Crippen molar-refractivity contribution in [1.82, 2.24) is 0 Å². The first-order valence-electron chi connectivity index (χ1n) is 9.48. The average Bonchev–Trinajstić information content (AvgIpc) is 2.78. The molecule has 0 atom stereocenters. The fourth-order valence-electron chi connectivity index (χ4n) is 2.06. The largest absolute Gasteiger partial charge is 0.508 e. The Kier molecular flexibility index (Phi) is 12.8. The van der Waals surface area contributed by atoms with Gasteiger partial charge in [0.1, 0.15) is 17.2 Å². The Balaban J connectivity index is 0.000000201. The third-order valence-corrected chi connectivity index (χ3v) is 3.49. The lowest BCUT2D eigenvalue weighted by Gasteiger charge is -1.91. The number of para-hydroxylation sites is 3. The molecule has 154 valence electrons. The van der Waals surface area contributed by atoms with Crippen LogP contribution >= 0.6 is 0 Å². The number of phenols is 3. The molecular weight excluding hydrogens is 372 g/mol. The Morgan fingerprint density at radius 3 is 0.933 bits per heavy atom. The summed E-state index contributed by atoms with van der Waals surface area (Å²) in [4.78, 5) is 0. The summed E-state index contributed by atoms with van der Waals surface area (Å²) in [6, 6.07) is 36.4. The maximum atomic E-state index is 8.63. The standard InChI is InChI=1S/C9H10.3C6H6O/c1-2-6-9-7-4-3-5-8-9;3*7-6-4-2-1-3-5-6/h2-5,7-8H,1,6H2;3*1-5,7H. The lowest BCUT2D eigenvalue weighted by Crippen LogP contribution is -1.75. The van der Waals surface area contributed by atoms with E-state index in [-0.39, 0.29) is 0 Å². The summed E-state index contributed by atoms with van der Waals surface area (Å²) in [6.45, 7) is 3.66. The van der Waals surface area contributed by atoms with E-state index in [4.69, 9.17) is 15.3 Å². The van der Waals surface area contributed by atoms with Gasteiger partial charge >= 0.3 is 0 Å². The van der Waals surface area contributed by atoms with Gasteiger partial charge in [0.05, 0.1) is 0 Å². The van der Waals surface area contributed by atoms with E-state index in [1.807, 2.05) is 42.5 Å². The smallest absolute Gasteiger partial charge is 0.115 e. The minimum atomic E-state index is 0.322. The zero-order valence-corrected chi connectivity index (χ0v) is 16.9. The molecule has 0 aliphatic heterocycles. The van der Waals surface area contributed by atoms with Gasteiger partial charge in [-0.05, 0) is 48.4 Å². The highest BCUT2D eigenvalue weighted by Crippen LogP contribution is 2.04. The molecule has 3 nitrogen and oxygen atoms in total. The number of aromatic hydroxyl groups is 3. The van der Waals surface area contributed by atoms with Crippen LogP contribution in [0, 0.1) is 0 Å². The van der Waals surface area contributed by atoms with Gasteiger partial charge in [0.15, 0.2) is 0 Å². The van der Waals surface area contributed by atoms with Crippen LogP contribution in [0.5, 0.6) is 17.2 Å². The summed E-state index contributed by atoms with van der Waals surface area (Å²) in [6.07, 6.45) is 2.89. The van der Waals surface area contributed by atoms with Crippen LogP contribution in [0.2, 0.25) is 0 Å². The zero-order chi connectivity index (χ0) is 21.9. The molecule has 0 saturated heterocycles. The fourth-order valence-corrected chi connectivity index (χ4v) is 2.06. The Bertz CT molecular complexity index is 804. The lowest BCUT2D eigenvalue weighted by atomic mass is 10.2. The lowest BCUT2D eigenvalue weighted by molar-refractivity contribution is 0.475. The summed E-state index contributed by atoms with van der Waals surface area (Å²) >= 11 is 0. The van der Waals surface area contributed by atoms with Crippen LogP contribution in [0.3, 0.4) is 0 Å². The molecule has 30 heavy (non-hydrogen) atoms. The molecule has 0 unspecified atom stereocenters. The molecule has 0 aliphatic carbocycles. The van der Waals surface area contributed by atoms with Gasteiger partial charge in [-0.3, -0.25) is 0 Å². The molecule has 3 heteroatoms. The van der Waals surface area contributed by atoms with E-state index in [0.29, 0.717) is 17.2 Å². The van der Waals surface area contributed by atoms with E-state index in [9.17, 15) is 0 Å². The van der Waals surface area contributed by atoms with Crippen LogP contribution < -0.4 is 0 Å². The van der Waals surface area contributed by atoms with E-state index in [0.717, 1.165) is 6.42 Å². The molecule has 0 bridgehead atoms. The first kappa shape index (κ1) is 24.1. The number of hydrogen-bond donors (Lipinski definition) is 3. The topological polar surface area (TPSA) is 60.7 Å². The minimum Gasteiger partial charge on any atom is -0.508 e.